The summed E-state index contributed by atoms with van der Waals surface area (Å²) in [7, 11) is 0. The van der Waals surface area contributed by atoms with Gasteiger partial charge < -0.3 is 9.80 Å². The van der Waals surface area contributed by atoms with E-state index in [1.54, 1.807) is 22.3 Å². The Hall–Kier alpha value is -2.99. The van der Waals surface area contributed by atoms with E-state index in [0.717, 1.165) is 17.5 Å². The first-order valence-electron chi connectivity index (χ1n) is 12.6. The summed E-state index contributed by atoms with van der Waals surface area (Å²) in [6, 6.07) is 16.0. The maximum atomic E-state index is 13.8. The molecule has 0 saturated carbocycles. The van der Waals surface area contributed by atoms with Gasteiger partial charge in [0.1, 0.15) is 12.4 Å². The summed E-state index contributed by atoms with van der Waals surface area (Å²) in [5.41, 5.74) is 3.78. The van der Waals surface area contributed by atoms with E-state index < -0.39 is 5.82 Å². The van der Waals surface area contributed by atoms with Crippen LogP contribution in [0.25, 0.3) is 0 Å². The number of halogens is 1. The topological polar surface area (TPSA) is 40.6 Å². The van der Waals surface area contributed by atoms with Crippen LogP contribution in [0.1, 0.15) is 79.0 Å². The first-order valence-corrected chi connectivity index (χ1v) is 13.5. The van der Waals surface area contributed by atoms with Gasteiger partial charge in [-0.05, 0) is 71.5 Å². The Morgan fingerprint density at radius 2 is 1.86 bits per heavy atom. The third-order valence-electron chi connectivity index (χ3n) is 7.14. The van der Waals surface area contributed by atoms with Crippen LogP contribution in [-0.2, 0) is 16.6 Å². The van der Waals surface area contributed by atoms with Crippen molar-refractivity contribution in [2.75, 3.05) is 13.1 Å². The molecule has 36 heavy (non-hydrogen) atoms. The molecule has 2 amide bonds. The number of benzene rings is 2. The molecule has 0 bridgehead atoms. The molecule has 3 aromatic rings. The second kappa shape index (κ2) is 10.6. The number of nitrogens with zero attached hydrogens (tertiary/aromatic N) is 2. The minimum absolute atomic E-state index is 0.0413. The van der Waals surface area contributed by atoms with Crippen molar-refractivity contribution < 1.29 is 14.0 Å². The fraction of sp³-hybridized carbons (Fsp3) is 0.400. The number of amides is 2. The Balaban J connectivity index is 1.65. The number of carbonyl (C=O) groups is 2. The molecule has 0 fully saturated rings. The van der Waals surface area contributed by atoms with Crippen LogP contribution >= 0.6 is 11.3 Å². The van der Waals surface area contributed by atoms with E-state index in [2.05, 4.69) is 56.5 Å². The Morgan fingerprint density at radius 3 is 2.50 bits per heavy atom. The number of fused-ring (bicyclic) bond motifs is 1. The predicted octanol–water partition coefficient (Wildman–Crippen LogP) is 6.60. The van der Waals surface area contributed by atoms with Gasteiger partial charge in [-0.2, -0.15) is 0 Å². The van der Waals surface area contributed by atoms with Crippen molar-refractivity contribution in [1.29, 1.82) is 0 Å². The van der Waals surface area contributed by atoms with Gasteiger partial charge in [-0.25, -0.2) is 4.39 Å². The third kappa shape index (κ3) is 5.39. The molecule has 2 unspecified atom stereocenters. The third-order valence-corrected chi connectivity index (χ3v) is 8.14. The van der Waals surface area contributed by atoms with Crippen molar-refractivity contribution in [3.05, 3.63) is 92.9 Å². The first kappa shape index (κ1) is 26.1. The molecule has 190 valence electrons. The summed E-state index contributed by atoms with van der Waals surface area (Å²) >= 11 is 1.73. The van der Waals surface area contributed by atoms with Crippen molar-refractivity contribution in [3.8, 4) is 0 Å². The monoisotopic (exact) mass is 506 g/mol. The molecular formula is C30H35FN2O2S. The predicted molar refractivity (Wildman–Crippen MR) is 144 cm³/mol. The van der Waals surface area contributed by atoms with Crippen LogP contribution in [0.5, 0.6) is 0 Å². The Kier molecular flexibility index (Phi) is 7.65. The molecule has 2 heterocycles. The minimum Gasteiger partial charge on any atom is -0.330 e. The standard InChI is InChI=1S/C30H35FN2O2S/c1-6-20(2)33(29(35)22-8-7-9-24(31)18-22)19-27(34)32-16-14-26-25(15-17-36-26)28(32)21-10-12-23(13-11-21)30(3,4)5/h7-13,15,17-18,20,28H,6,14,16,19H2,1-5H3. The van der Waals surface area contributed by atoms with E-state index in [1.165, 1.54) is 28.6 Å². The van der Waals surface area contributed by atoms with Gasteiger partial charge in [0.2, 0.25) is 5.91 Å². The van der Waals surface area contributed by atoms with Crippen molar-refractivity contribution in [3.63, 3.8) is 0 Å². The molecule has 0 N–H and O–H groups in total. The maximum Gasteiger partial charge on any atom is 0.254 e. The van der Waals surface area contributed by atoms with E-state index >= 15 is 0 Å². The zero-order chi connectivity index (χ0) is 26.0. The summed E-state index contributed by atoms with van der Waals surface area (Å²) < 4.78 is 13.8. The molecule has 0 radical (unpaired) electrons. The molecule has 1 aliphatic heterocycles. The zero-order valence-electron chi connectivity index (χ0n) is 21.8. The van der Waals surface area contributed by atoms with Gasteiger partial charge in [-0.3, -0.25) is 9.59 Å². The van der Waals surface area contributed by atoms with Crippen molar-refractivity contribution in [1.82, 2.24) is 9.80 Å². The Labute approximate surface area is 217 Å². The number of rotatable bonds is 6. The van der Waals surface area contributed by atoms with Crippen LogP contribution in [0.15, 0.2) is 60.0 Å². The highest BCUT2D eigenvalue weighted by atomic mass is 32.1. The van der Waals surface area contributed by atoms with E-state index in [-0.39, 0.29) is 41.4 Å². The Morgan fingerprint density at radius 1 is 1.14 bits per heavy atom. The molecule has 6 heteroatoms. The van der Waals surface area contributed by atoms with Crippen molar-refractivity contribution in [2.45, 2.75) is 65.0 Å². The molecule has 4 nitrogen and oxygen atoms in total. The SMILES string of the molecule is CCC(C)N(CC(=O)N1CCc2sccc2C1c1ccc(C(C)(C)C)cc1)C(=O)c1cccc(F)c1. The van der Waals surface area contributed by atoms with Crippen LogP contribution in [0.4, 0.5) is 4.39 Å². The smallest absolute Gasteiger partial charge is 0.254 e. The van der Waals surface area contributed by atoms with Crippen molar-refractivity contribution >= 4 is 23.2 Å². The molecule has 2 atom stereocenters. The highest BCUT2D eigenvalue weighted by Gasteiger charge is 2.35. The summed E-state index contributed by atoms with van der Waals surface area (Å²) in [4.78, 5) is 32.0. The lowest BCUT2D eigenvalue weighted by Crippen LogP contribution is -2.49. The van der Waals surface area contributed by atoms with Crippen molar-refractivity contribution in [2.24, 2.45) is 0 Å². The van der Waals surface area contributed by atoms with E-state index in [0.29, 0.717) is 13.0 Å². The summed E-state index contributed by atoms with van der Waals surface area (Å²) in [6.07, 6.45) is 1.50. The van der Waals surface area contributed by atoms with E-state index in [1.807, 2.05) is 18.7 Å². The molecular weight excluding hydrogens is 471 g/mol. The quantitative estimate of drug-likeness (QED) is 0.378. The zero-order valence-corrected chi connectivity index (χ0v) is 22.6. The molecule has 1 aliphatic rings. The van der Waals surface area contributed by atoms with Gasteiger partial charge in [0.15, 0.2) is 0 Å². The van der Waals surface area contributed by atoms with Gasteiger partial charge >= 0.3 is 0 Å². The summed E-state index contributed by atoms with van der Waals surface area (Å²) in [5.74, 6) is -0.880. The molecule has 0 aliphatic carbocycles. The molecule has 2 aromatic carbocycles. The van der Waals surface area contributed by atoms with Crippen LogP contribution < -0.4 is 0 Å². The van der Waals surface area contributed by atoms with E-state index in [9.17, 15) is 14.0 Å². The van der Waals surface area contributed by atoms with Gasteiger partial charge in [-0.1, -0.05) is 58.0 Å². The van der Waals surface area contributed by atoms with Crippen LogP contribution in [-0.4, -0.2) is 40.7 Å². The minimum atomic E-state index is -0.462. The fourth-order valence-corrected chi connectivity index (χ4v) is 5.69. The van der Waals surface area contributed by atoms with Crippen LogP contribution in [0, 0.1) is 5.82 Å². The second-order valence-electron chi connectivity index (χ2n) is 10.6. The average molecular weight is 507 g/mol. The normalized spacial score (nSPS) is 16.4. The Bertz CT molecular complexity index is 1230. The highest BCUT2D eigenvalue weighted by molar-refractivity contribution is 7.10. The summed E-state index contributed by atoms with van der Waals surface area (Å²) in [5, 5.41) is 2.09. The average Bonchev–Trinajstić information content (AvgIpc) is 3.34. The van der Waals surface area contributed by atoms with E-state index in [4.69, 9.17) is 0 Å². The number of thiophene rings is 1. The lowest BCUT2D eigenvalue weighted by atomic mass is 9.85. The molecule has 4 rings (SSSR count). The fourth-order valence-electron chi connectivity index (χ4n) is 4.78. The van der Waals surface area contributed by atoms with Crippen LogP contribution in [0.3, 0.4) is 0 Å². The molecule has 0 spiro atoms. The number of hydrogen-bond donors (Lipinski definition) is 0. The maximum absolute atomic E-state index is 13.8. The van der Waals surface area contributed by atoms with Gasteiger partial charge in [-0.15, -0.1) is 11.3 Å². The number of carbonyl (C=O) groups excluding carboxylic acids is 2. The molecule has 0 saturated heterocycles. The lowest BCUT2D eigenvalue weighted by Gasteiger charge is -2.38. The largest absolute Gasteiger partial charge is 0.330 e. The first-order chi connectivity index (χ1) is 17.1. The highest BCUT2D eigenvalue weighted by Crippen LogP contribution is 2.38. The second-order valence-corrected chi connectivity index (χ2v) is 11.6. The lowest BCUT2D eigenvalue weighted by molar-refractivity contribution is -0.134. The van der Waals surface area contributed by atoms with Gasteiger partial charge in [0.25, 0.3) is 5.91 Å². The van der Waals surface area contributed by atoms with Crippen LogP contribution in [0.2, 0.25) is 0 Å². The van der Waals surface area contributed by atoms with Gasteiger partial charge in [0.05, 0.1) is 6.04 Å². The molecule has 1 aromatic heterocycles. The summed E-state index contributed by atoms with van der Waals surface area (Å²) in [6.45, 7) is 11.0. The number of hydrogen-bond acceptors (Lipinski definition) is 3. The van der Waals surface area contributed by atoms with Gasteiger partial charge in [0, 0.05) is 23.0 Å².